The Bertz CT molecular complexity index is 355. The highest BCUT2D eigenvalue weighted by atomic mass is 16.4. The maximum absolute atomic E-state index is 11.3. The van der Waals surface area contributed by atoms with Crippen molar-refractivity contribution >= 4 is 11.9 Å². The van der Waals surface area contributed by atoms with Gasteiger partial charge in [-0.05, 0) is 41.9 Å². The summed E-state index contributed by atoms with van der Waals surface area (Å²) >= 11 is 0. The molecule has 3 atom stereocenters. The van der Waals surface area contributed by atoms with Crippen LogP contribution in [0.1, 0.15) is 40.0 Å². The van der Waals surface area contributed by atoms with Crippen molar-refractivity contribution < 1.29 is 19.8 Å². The van der Waals surface area contributed by atoms with Crippen molar-refractivity contribution in [3.63, 3.8) is 0 Å². The Kier molecular flexibility index (Phi) is 2.53. The van der Waals surface area contributed by atoms with Crippen LogP contribution < -0.4 is 0 Å². The van der Waals surface area contributed by atoms with Gasteiger partial charge in [-0.15, -0.1) is 0 Å². The molecule has 2 bridgehead atoms. The summed E-state index contributed by atoms with van der Waals surface area (Å²) in [5.41, 5.74) is -0.302. The maximum atomic E-state index is 11.3. The zero-order valence-corrected chi connectivity index (χ0v) is 10.6. The summed E-state index contributed by atoms with van der Waals surface area (Å²) in [6.07, 6.45) is 3.04. The Morgan fingerprint density at radius 1 is 1.18 bits per heavy atom. The van der Waals surface area contributed by atoms with Crippen LogP contribution in [0.25, 0.3) is 0 Å². The zero-order chi connectivity index (χ0) is 13.0. The molecule has 3 unspecified atom stereocenters. The van der Waals surface area contributed by atoms with Gasteiger partial charge in [0.15, 0.2) is 5.92 Å². The molecule has 2 N–H and O–H groups in total. The molecule has 0 amide bonds. The van der Waals surface area contributed by atoms with E-state index in [2.05, 4.69) is 6.92 Å². The predicted molar refractivity (Wildman–Crippen MR) is 61.5 cm³/mol. The lowest BCUT2D eigenvalue weighted by Gasteiger charge is -2.44. The first-order chi connectivity index (χ1) is 7.70. The lowest BCUT2D eigenvalue weighted by molar-refractivity contribution is -0.163. The van der Waals surface area contributed by atoms with Crippen LogP contribution in [0.4, 0.5) is 0 Å². The Morgan fingerprint density at radius 3 is 2.06 bits per heavy atom. The van der Waals surface area contributed by atoms with Gasteiger partial charge in [0.25, 0.3) is 0 Å². The van der Waals surface area contributed by atoms with E-state index in [0.29, 0.717) is 5.92 Å². The SMILES string of the molecule is CC12CCC(C1)C(C)(C)C2C(C(=O)O)C(=O)O. The summed E-state index contributed by atoms with van der Waals surface area (Å²) in [6, 6.07) is 0. The lowest BCUT2D eigenvalue weighted by Crippen LogP contribution is -2.46. The Morgan fingerprint density at radius 2 is 1.71 bits per heavy atom. The number of carbonyl (C=O) groups is 2. The molecular weight excluding hydrogens is 220 g/mol. The van der Waals surface area contributed by atoms with E-state index in [1.807, 2.05) is 13.8 Å². The molecule has 0 aliphatic heterocycles. The highest BCUT2D eigenvalue weighted by Crippen LogP contribution is 2.67. The molecule has 0 aromatic carbocycles. The summed E-state index contributed by atoms with van der Waals surface area (Å²) in [5.74, 6) is -3.43. The Labute approximate surface area is 101 Å². The summed E-state index contributed by atoms with van der Waals surface area (Å²) in [4.78, 5) is 22.5. The van der Waals surface area contributed by atoms with Gasteiger partial charge in [0.1, 0.15) is 0 Å². The van der Waals surface area contributed by atoms with E-state index in [1.165, 1.54) is 0 Å². The van der Waals surface area contributed by atoms with Crippen LogP contribution in [0.15, 0.2) is 0 Å². The van der Waals surface area contributed by atoms with E-state index >= 15 is 0 Å². The number of aliphatic carboxylic acids is 2. The van der Waals surface area contributed by atoms with Gasteiger partial charge in [0, 0.05) is 0 Å². The molecule has 96 valence electrons. The standard InChI is InChI=1S/C13H20O4/c1-12(2)7-4-5-13(3,6-7)9(12)8(10(14)15)11(16)17/h7-9H,4-6H2,1-3H3,(H,14,15)(H,16,17). The second-order valence-electron chi connectivity index (χ2n) is 6.55. The quantitative estimate of drug-likeness (QED) is 0.742. The topological polar surface area (TPSA) is 74.6 Å². The third-order valence-corrected chi connectivity index (χ3v) is 5.25. The fraction of sp³-hybridized carbons (Fsp3) is 0.846. The monoisotopic (exact) mass is 240 g/mol. The van der Waals surface area contributed by atoms with E-state index in [1.54, 1.807) is 0 Å². The first-order valence-corrected chi connectivity index (χ1v) is 6.16. The molecule has 2 aliphatic carbocycles. The minimum atomic E-state index is -1.26. The fourth-order valence-electron chi connectivity index (χ4n) is 4.56. The van der Waals surface area contributed by atoms with Crippen molar-refractivity contribution in [3.05, 3.63) is 0 Å². The van der Waals surface area contributed by atoms with Crippen LogP contribution >= 0.6 is 0 Å². The average Bonchev–Trinajstić information content (AvgIpc) is 2.62. The molecule has 0 saturated heterocycles. The molecule has 0 spiro atoms. The third-order valence-electron chi connectivity index (χ3n) is 5.25. The van der Waals surface area contributed by atoms with Crippen molar-refractivity contribution in [1.29, 1.82) is 0 Å². The van der Waals surface area contributed by atoms with Crippen LogP contribution in [-0.4, -0.2) is 22.2 Å². The first kappa shape index (κ1) is 12.4. The van der Waals surface area contributed by atoms with E-state index in [0.717, 1.165) is 19.3 Å². The number of rotatable bonds is 3. The van der Waals surface area contributed by atoms with E-state index in [9.17, 15) is 19.8 Å². The van der Waals surface area contributed by atoms with Crippen LogP contribution in [0.5, 0.6) is 0 Å². The molecule has 4 heteroatoms. The maximum Gasteiger partial charge on any atom is 0.318 e. The molecule has 0 aromatic rings. The summed E-state index contributed by atoms with van der Waals surface area (Å²) < 4.78 is 0. The van der Waals surface area contributed by atoms with Gasteiger partial charge >= 0.3 is 11.9 Å². The molecular formula is C13H20O4. The second-order valence-corrected chi connectivity index (χ2v) is 6.55. The Balaban J connectivity index is 2.42. The smallest absolute Gasteiger partial charge is 0.318 e. The van der Waals surface area contributed by atoms with Crippen LogP contribution in [0.3, 0.4) is 0 Å². The average molecular weight is 240 g/mol. The number of fused-ring (bicyclic) bond motifs is 2. The number of carboxylic acids is 2. The highest BCUT2D eigenvalue weighted by Gasteiger charge is 2.64. The molecule has 0 aromatic heterocycles. The van der Waals surface area contributed by atoms with Crippen LogP contribution in [0.2, 0.25) is 0 Å². The normalized spacial score (nSPS) is 38.6. The lowest BCUT2D eigenvalue weighted by atomic mass is 9.59. The van der Waals surface area contributed by atoms with E-state index in [4.69, 9.17) is 0 Å². The molecule has 17 heavy (non-hydrogen) atoms. The van der Waals surface area contributed by atoms with Gasteiger partial charge in [-0.2, -0.15) is 0 Å². The first-order valence-electron chi connectivity index (χ1n) is 6.16. The van der Waals surface area contributed by atoms with Gasteiger partial charge in [-0.3, -0.25) is 9.59 Å². The van der Waals surface area contributed by atoms with Crippen molar-refractivity contribution in [2.24, 2.45) is 28.6 Å². The fourth-order valence-corrected chi connectivity index (χ4v) is 4.56. The van der Waals surface area contributed by atoms with Gasteiger partial charge in [-0.25, -0.2) is 0 Å². The number of hydrogen-bond donors (Lipinski definition) is 2. The number of hydrogen-bond acceptors (Lipinski definition) is 2. The highest BCUT2D eigenvalue weighted by molar-refractivity contribution is 5.93. The minimum Gasteiger partial charge on any atom is -0.481 e. The van der Waals surface area contributed by atoms with E-state index in [-0.39, 0.29) is 16.7 Å². The van der Waals surface area contributed by atoms with Crippen LogP contribution in [0, 0.1) is 28.6 Å². The molecule has 4 nitrogen and oxygen atoms in total. The molecule has 2 aliphatic rings. The van der Waals surface area contributed by atoms with Gasteiger partial charge < -0.3 is 10.2 Å². The minimum absolute atomic E-state index is 0.115. The van der Waals surface area contributed by atoms with E-state index < -0.39 is 17.9 Å². The number of carboxylic acid groups (broad SMARTS) is 2. The van der Waals surface area contributed by atoms with Crippen molar-refractivity contribution in [3.8, 4) is 0 Å². The largest absolute Gasteiger partial charge is 0.481 e. The summed E-state index contributed by atoms with van der Waals surface area (Å²) in [5, 5.41) is 18.4. The van der Waals surface area contributed by atoms with Crippen LogP contribution in [-0.2, 0) is 9.59 Å². The van der Waals surface area contributed by atoms with Crippen molar-refractivity contribution in [2.45, 2.75) is 40.0 Å². The molecule has 2 saturated carbocycles. The van der Waals surface area contributed by atoms with Gasteiger partial charge in [-0.1, -0.05) is 20.8 Å². The molecule has 0 heterocycles. The van der Waals surface area contributed by atoms with Gasteiger partial charge in [0.2, 0.25) is 0 Å². The third kappa shape index (κ3) is 1.57. The predicted octanol–water partition coefficient (Wildman–Crippen LogP) is 2.23. The Hall–Kier alpha value is -1.06. The summed E-state index contributed by atoms with van der Waals surface area (Å²) in [6.45, 7) is 6.13. The van der Waals surface area contributed by atoms with Crippen molar-refractivity contribution in [2.75, 3.05) is 0 Å². The van der Waals surface area contributed by atoms with Gasteiger partial charge in [0.05, 0.1) is 0 Å². The molecule has 0 radical (unpaired) electrons. The molecule has 2 rings (SSSR count). The van der Waals surface area contributed by atoms with Crippen molar-refractivity contribution in [1.82, 2.24) is 0 Å². The zero-order valence-electron chi connectivity index (χ0n) is 10.6. The molecule has 2 fully saturated rings. The second kappa shape index (κ2) is 3.47. The summed E-state index contributed by atoms with van der Waals surface area (Å²) in [7, 11) is 0.